The minimum atomic E-state index is -0.0255. The molecule has 0 atom stereocenters. The van der Waals surface area contributed by atoms with Gasteiger partial charge in [-0.3, -0.25) is 9.78 Å². The third-order valence-corrected chi connectivity index (χ3v) is 5.79. The van der Waals surface area contributed by atoms with Gasteiger partial charge in [0, 0.05) is 41.7 Å². The predicted molar refractivity (Wildman–Crippen MR) is 134 cm³/mol. The Bertz CT molecular complexity index is 1450. The Kier molecular flexibility index (Phi) is 6.75. The number of ether oxygens (including phenoxy) is 1. The zero-order valence-corrected chi connectivity index (χ0v) is 19.3. The molecule has 5 aromatic rings. The number of aromatic nitrogens is 3. The highest BCUT2D eigenvalue weighted by atomic mass is 16.5. The number of aryl methyl sites for hydroxylation is 1. The van der Waals surface area contributed by atoms with E-state index < -0.39 is 0 Å². The molecule has 0 fully saturated rings. The van der Waals surface area contributed by atoms with Crippen molar-refractivity contribution in [2.45, 2.75) is 33.4 Å². The first-order chi connectivity index (χ1) is 16.2. The van der Waals surface area contributed by atoms with Crippen molar-refractivity contribution >= 4 is 32.7 Å². The number of hydrogen-bond donors (Lipinski definition) is 1. The van der Waals surface area contributed by atoms with Crippen LogP contribution >= 0.6 is 0 Å². The lowest BCUT2D eigenvalue weighted by Gasteiger charge is -2.10. The van der Waals surface area contributed by atoms with Gasteiger partial charge in [-0.05, 0) is 54.4 Å². The van der Waals surface area contributed by atoms with E-state index >= 15 is 0 Å². The average Bonchev–Trinajstić information content (AvgIpc) is 3.20. The minimum Gasteiger partial charge on any atom is -0.497 e. The first-order valence-corrected chi connectivity index (χ1v) is 11.3. The molecule has 0 bridgehead atoms. The second-order valence-corrected chi connectivity index (χ2v) is 7.62. The van der Waals surface area contributed by atoms with Gasteiger partial charge in [0.15, 0.2) is 0 Å². The van der Waals surface area contributed by atoms with Gasteiger partial charge in [0.25, 0.3) is 5.56 Å². The standard InChI is InChI=1S/C25H23N3O3.C2H6/c1-31-18-7-5-17(6-8-18)16-27-14-11-19-20(25(27)30)9-10-21-23(19)24-22(4-2-12-26-24)28(21)13-3-15-29;1-2/h2,4-12,14,29H,3,13,15-16H2,1H3;1-2H3. The molecule has 3 heterocycles. The molecule has 33 heavy (non-hydrogen) atoms. The molecule has 0 radical (unpaired) electrons. The van der Waals surface area contributed by atoms with Gasteiger partial charge in [-0.15, -0.1) is 0 Å². The van der Waals surface area contributed by atoms with Crippen LogP contribution in [0.4, 0.5) is 0 Å². The Labute approximate surface area is 192 Å². The summed E-state index contributed by atoms with van der Waals surface area (Å²) in [6.45, 7) is 5.32. The summed E-state index contributed by atoms with van der Waals surface area (Å²) in [4.78, 5) is 17.9. The van der Waals surface area contributed by atoms with Crippen molar-refractivity contribution in [3.05, 3.63) is 82.9 Å². The highest BCUT2D eigenvalue weighted by Crippen LogP contribution is 2.32. The maximum atomic E-state index is 13.3. The maximum absolute atomic E-state index is 13.3. The molecule has 0 unspecified atom stereocenters. The molecule has 0 aliphatic heterocycles. The smallest absolute Gasteiger partial charge is 0.258 e. The summed E-state index contributed by atoms with van der Waals surface area (Å²) in [5.41, 5.74) is 3.93. The summed E-state index contributed by atoms with van der Waals surface area (Å²) < 4.78 is 9.12. The van der Waals surface area contributed by atoms with Gasteiger partial charge in [-0.1, -0.05) is 26.0 Å². The molecular weight excluding hydrogens is 414 g/mol. The average molecular weight is 444 g/mol. The topological polar surface area (TPSA) is 69.3 Å². The van der Waals surface area contributed by atoms with Gasteiger partial charge in [0.2, 0.25) is 0 Å². The normalized spacial score (nSPS) is 11.0. The van der Waals surface area contributed by atoms with Crippen molar-refractivity contribution in [1.82, 2.24) is 14.1 Å². The van der Waals surface area contributed by atoms with E-state index in [2.05, 4.69) is 9.55 Å². The zero-order chi connectivity index (χ0) is 23.4. The van der Waals surface area contributed by atoms with Gasteiger partial charge in [0.1, 0.15) is 5.75 Å². The number of fused-ring (bicyclic) bond motifs is 5. The van der Waals surface area contributed by atoms with Crippen LogP contribution in [0.25, 0.3) is 32.7 Å². The van der Waals surface area contributed by atoms with Crippen LogP contribution in [0.2, 0.25) is 0 Å². The molecular formula is C27H29N3O3. The van der Waals surface area contributed by atoms with Crippen LogP contribution < -0.4 is 10.3 Å². The number of hydrogen-bond acceptors (Lipinski definition) is 4. The van der Waals surface area contributed by atoms with E-state index in [0.29, 0.717) is 24.9 Å². The summed E-state index contributed by atoms with van der Waals surface area (Å²) in [7, 11) is 1.64. The van der Waals surface area contributed by atoms with Gasteiger partial charge < -0.3 is 19.0 Å². The molecule has 170 valence electrons. The summed E-state index contributed by atoms with van der Waals surface area (Å²) in [5.74, 6) is 0.794. The fourth-order valence-electron chi connectivity index (χ4n) is 4.29. The Morgan fingerprint density at radius 1 is 0.970 bits per heavy atom. The Morgan fingerprint density at radius 3 is 2.48 bits per heavy atom. The van der Waals surface area contributed by atoms with Crippen LogP contribution in [0.15, 0.2) is 71.8 Å². The van der Waals surface area contributed by atoms with E-state index in [9.17, 15) is 9.90 Å². The fourth-order valence-corrected chi connectivity index (χ4v) is 4.29. The number of methoxy groups -OCH3 is 1. The molecule has 6 heteroatoms. The van der Waals surface area contributed by atoms with Crippen molar-refractivity contribution in [3.8, 4) is 5.75 Å². The van der Waals surface area contributed by atoms with Crippen molar-refractivity contribution in [3.63, 3.8) is 0 Å². The van der Waals surface area contributed by atoms with Gasteiger partial charge in [-0.2, -0.15) is 0 Å². The molecule has 0 saturated heterocycles. The highest BCUT2D eigenvalue weighted by Gasteiger charge is 2.16. The Morgan fingerprint density at radius 2 is 1.76 bits per heavy atom. The van der Waals surface area contributed by atoms with Gasteiger partial charge >= 0.3 is 0 Å². The van der Waals surface area contributed by atoms with Crippen LogP contribution in [-0.2, 0) is 13.1 Å². The molecule has 0 saturated carbocycles. The molecule has 0 amide bonds. The summed E-state index contributed by atoms with van der Waals surface area (Å²) in [6, 6.07) is 17.6. The van der Waals surface area contributed by atoms with E-state index in [1.165, 1.54) is 0 Å². The third-order valence-electron chi connectivity index (χ3n) is 5.79. The number of rotatable bonds is 6. The van der Waals surface area contributed by atoms with Crippen molar-refractivity contribution in [2.24, 2.45) is 0 Å². The monoisotopic (exact) mass is 443 g/mol. The lowest BCUT2D eigenvalue weighted by atomic mass is 10.1. The lowest BCUT2D eigenvalue weighted by Crippen LogP contribution is -2.20. The van der Waals surface area contributed by atoms with Crippen molar-refractivity contribution in [2.75, 3.05) is 13.7 Å². The quantitative estimate of drug-likeness (QED) is 0.402. The van der Waals surface area contributed by atoms with E-state index in [-0.39, 0.29) is 12.2 Å². The zero-order valence-electron chi connectivity index (χ0n) is 19.3. The maximum Gasteiger partial charge on any atom is 0.258 e. The first-order valence-electron chi connectivity index (χ1n) is 11.3. The number of aliphatic hydroxyl groups is 1. The molecule has 0 spiro atoms. The predicted octanol–water partition coefficient (Wildman–Crippen LogP) is 4.97. The van der Waals surface area contributed by atoms with Crippen LogP contribution in [0.3, 0.4) is 0 Å². The van der Waals surface area contributed by atoms with Crippen LogP contribution in [0.5, 0.6) is 5.75 Å². The second kappa shape index (κ2) is 9.88. The lowest BCUT2D eigenvalue weighted by molar-refractivity contribution is 0.281. The van der Waals surface area contributed by atoms with E-state index in [1.54, 1.807) is 17.9 Å². The minimum absolute atomic E-state index is 0.0255. The van der Waals surface area contributed by atoms with Crippen molar-refractivity contribution < 1.29 is 9.84 Å². The van der Waals surface area contributed by atoms with Crippen LogP contribution in [0.1, 0.15) is 25.8 Å². The SMILES string of the molecule is CC.COc1ccc(Cn2ccc3c(ccc4c3c3ncccc3n4CCCO)c2=O)cc1. The summed E-state index contributed by atoms with van der Waals surface area (Å²) >= 11 is 0. The second-order valence-electron chi connectivity index (χ2n) is 7.62. The Balaban J connectivity index is 0.00000126. The van der Waals surface area contributed by atoms with Gasteiger partial charge in [0.05, 0.1) is 30.2 Å². The molecule has 1 N–H and O–H groups in total. The molecule has 0 aliphatic carbocycles. The molecule has 5 rings (SSSR count). The van der Waals surface area contributed by atoms with E-state index in [1.807, 2.05) is 74.6 Å². The Hall–Kier alpha value is -3.64. The molecule has 3 aromatic heterocycles. The van der Waals surface area contributed by atoms with Gasteiger partial charge in [-0.25, -0.2) is 0 Å². The molecule has 2 aromatic carbocycles. The van der Waals surface area contributed by atoms with Crippen molar-refractivity contribution in [1.29, 1.82) is 0 Å². The number of benzene rings is 2. The fraction of sp³-hybridized carbons (Fsp3) is 0.259. The van der Waals surface area contributed by atoms with Crippen LogP contribution in [0, 0.1) is 0 Å². The number of aliphatic hydroxyl groups excluding tert-OH is 1. The highest BCUT2D eigenvalue weighted by molar-refractivity contribution is 6.19. The summed E-state index contributed by atoms with van der Waals surface area (Å²) in [6.07, 6.45) is 4.30. The molecule has 0 aliphatic rings. The number of nitrogens with zero attached hydrogens (tertiary/aromatic N) is 3. The first kappa shape index (κ1) is 22.6. The summed E-state index contributed by atoms with van der Waals surface area (Å²) in [5, 5.41) is 11.9. The molecule has 6 nitrogen and oxygen atoms in total. The third kappa shape index (κ3) is 4.10. The van der Waals surface area contributed by atoms with Crippen LogP contribution in [-0.4, -0.2) is 32.9 Å². The van der Waals surface area contributed by atoms with E-state index in [4.69, 9.17) is 4.74 Å². The van der Waals surface area contributed by atoms with E-state index in [0.717, 1.165) is 38.6 Å². The number of pyridine rings is 2. The largest absolute Gasteiger partial charge is 0.497 e.